The van der Waals surface area contributed by atoms with Crippen molar-refractivity contribution >= 4 is 0 Å². The number of hydrogen-bond acceptors (Lipinski definition) is 3. The summed E-state index contributed by atoms with van der Waals surface area (Å²) in [5.41, 5.74) is 8.96. The maximum absolute atomic E-state index is 6.41. The van der Waals surface area contributed by atoms with Crippen LogP contribution in [0.15, 0.2) is 48.5 Å². The van der Waals surface area contributed by atoms with Crippen molar-refractivity contribution < 1.29 is 9.47 Å². The van der Waals surface area contributed by atoms with Gasteiger partial charge in [-0.3, -0.25) is 0 Å². The average molecular weight is 283 g/mol. The number of rotatable bonds is 3. The second-order valence-electron chi connectivity index (χ2n) is 5.62. The van der Waals surface area contributed by atoms with Gasteiger partial charge >= 0.3 is 0 Å². The Balaban J connectivity index is 1.80. The highest BCUT2D eigenvalue weighted by Crippen LogP contribution is 2.38. The van der Waals surface area contributed by atoms with Gasteiger partial charge in [-0.25, -0.2) is 0 Å². The number of ether oxygens (including phenoxy) is 2. The van der Waals surface area contributed by atoms with E-state index in [0.29, 0.717) is 5.92 Å². The van der Waals surface area contributed by atoms with Gasteiger partial charge in [-0.1, -0.05) is 31.2 Å². The molecule has 0 bridgehead atoms. The van der Waals surface area contributed by atoms with Crippen LogP contribution in [0.1, 0.15) is 36.4 Å². The van der Waals surface area contributed by atoms with E-state index < -0.39 is 0 Å². The molecule has 0 aliphatic heterocycles. The molecule has 3 nitrogen and oxygen atoms in total. The molecule has 3 unspecified atom stereocenters. The molecule has 0 aromatic heterocycles. The number of methoxy groups -OCH3 is 1. The monoisotopic (exact) mass is 283 g/mol. The van der Waals surface area contributed by atoms with Crippen LogP contribution in [0.4, 0.5) is 0 Å². The van der Waals surface area contributed by atoms with E-state index in [1.807, 2.05) is 30.3 Å². The summed E-state index contributed by atoms with van der Waals surface area (Å²) in [6, 6.07) is 16.0. The summed E-state index contributed by atoms with van der Waals surface area (Å²) < 4.78 is 11.3. The van der Waals surface area contributed by atoms with Gasteiger partial charge in [-0.05, 0) is 47.7 Å². The van der Waals surface area contributed by atoms with Gasteiger partial charge in [0, 0.05) is 0 Å². The van der Waals surface area contributed by atoms with E-state index in [4.69, 9.17) is 15.2 Å². The predicted octanol–water partition coefficient (Wildman–Crippen LogP) is 3.65. The largest absolute Gasteiger partial charge is 0.497 e. The van der Waals surface area contributed by atoms with Crippen LogP contribution in [0.5, 0.6) is 11.5 Å². The Hall–Kier alpha value is -2.00. The summed E-state index contributed by atoms with van der Waals surface area (Å²) in [6.07, 6.45) is 0.938. The molecule has 0 fully saturated rings. The van der Waals surface area contributed by atoms with Crippen LogP contribution in [0, 0.1) is 0 Å². The fourth-order valence-corrected chi connectivity index (χ4v) is 3.04. The lowest BCUT2D eigenvalue weighted by molar-refractivity contribution is 0.144. The highest BCUT2D eigenvalue weighted by atomic mass is 16.5. The summed E-state index contributed by atoms with van der Waals surface area (Å²) in [4.78, 5) is 0. The summed E-state index contributed by atoms with van der Waals surface area (Å²) in [5, 5.41) is 0. The van der Waals surface area contributed by atoms with Crippen molar-refractivity contribution in [1.82, 2.24) is 0 Å². The fraction of sp³-hybridized carbons (Fsp3) is 0.333. The van der Waals surface area contributed by atoms with Crippen molar-refractivity contribution in [2.24, 2.45) is 5.73 Å². The van der Waals surface area contributed by atoms with Gasteiger partial charge < -0.3 is 15.2 Å². The van der Waals surface area contributed by atoms with Gasteiger partial charge in [-0.2, -0.15) is 0 Å². The van der Waals surface area contributed by atoms with Crippen molar-refractivity contribution in [3.05, 3.63) is 59.7 Å². The van der Waals surface area contributed by atoms with Crippen LogP contribution in [0.25, 0.3) is 0 Å². The van der Waals surface area contributed by atoms with Gasteiger partial charge in [0.15, 0.2) is 0 Å². The number of hydrogen-bond donors (Lipinski definition) is 1. The molecular weight excluding hydrogens is 262 g/mol. The van der Waals surface area contributed by atoms with E-state index in [-0.39, 0.29) is 12.1 Å². The zero-order chi connectivity index (χ0) is 14.8. The first-order valence-corrected chi connectivity index (χ1v) is 7.34. The van der Waals surface area contributed by atoms with Gasteiger partial charge in [0.25, 0.3) is 0 Å². The first-order valence-electron chi connectivity index (χ1n) is 7.34. The Morgan fingerprint density at radius 1 is 0.952 bits per heavy atom. The molecule has 0 spiro atoms. The van der Waals surface area contributed by atoms with Gasteiger partial charge in [0.2, 0.25) is 0 Å². The van der Waals surface area contributed by atoms with Crippen LogP contribution in [-0.2, 0) is 0 Å². The minimum absolute atomic E-state index is 0.00305. The number of benzene rings is 2. The molecule has 3 heteroatoms. The van der Waals surface area contributed by atoms with Crippen molar-refractivity contribution in [1.29, 1.82) is 0 Å². The quantitative estimate of drug-likeness (QED) is 0.935. The van der Waals surface area contributed by atoms with E-state index in [0.717, 1.165) is 17.9 Å². The molecule has 0 amide bonds. The van der Waals surface area contributed by atoms with Crippen molar-refractivity contribution in [3.63, 3.8) is 0 Å². The third-order valence-corrected chi connectivity index (χ3v) is 4.22. The molecule has 1 aliphatic carbocycles. The average Bonchev–Trinajstić information content (AvgIpc) is 2.53. The standard InChI is InChI=1S/C18H21NO2/c1-12-11-17(18(19)16-6-4-3-5-15(12)16)21-14-9-7-13(20-2)8-10-14/h3-10,12,17-18H,11,19H2,1-2H3. The summed E-state index contributed by atoms with van der Waals surface area (Å²) in [6.45, 7) is 2.23. The number of fused-ring (bicyclic) bond motifs is 1. The lowest BCUT2D eigenvalue weighted by atomic mass is 9.79. The first kappa shape index (κ1) is 14.0. The molecule has 2 aromatic rings. The van der Waals surface area contributed by atoms with E-state index >= 15 is 0 Å². The highest BCUT2D eigenvalue weighted by molar-refractivity contribution is 5.37. The maximum Gasteiger partial charge on any atom is 0.120 e. The Morgan fingerprint density at radius 2 is 1.57 bits per heavy atom. The molecular formula is C18H21NO2. The van der Waals surface area contributed by atoms with Crippen LogP contribution in [0.3, 0.4) is 0 Å². The molecule has 0 saturated carbocycles. The second kappa shape index (κ2) is 5.78. The minimum atomic E-state index is -0.0838. The predicted molar refractivity (Wildman–Crippen MR) is 83.8 cm³/mol. The summed E-state index contributed by atoms with van der Waals surface area (Å²) >= 11 is 0. The normalized spacial score (nSPS) is 24.2. The zero-order valence-corrected chi connectivity index (χ0v) is 12.5. The van der Waals surface area contributed by atoms with E-state index in [2.05, 4.69) is 25.1 Å². The Morgan fingerprint density at radius 3 is 2.24 bits per heavy atom. The van der Waals surface area contributed by atoms with Gasteiger partial charge in [0.05, 0.1) is 13.2 Å². The molecule has 21 heavy (non-hydrogen) atoms. The van der Waals surface area contributed by atoms with Crippen molar-refractivity contribution in [2.45, 2.75) is 31.4 Å². The van der Waals surface area contributed by atoms with E-state index in [9.17, 15) is 0 Å². The van der Waals surface area contributed by atoms with Crippen LogP contribution in [0.2, 0.25) is 0 Å². The van der Waals surface area contributed by atoms with E-state index in [1.165, 1.54) is 11.1 Å². The van der Waals surface area contributed by atoms with E-state index in [1.54, 1.807) is 7.11 Å². The van der Waals surface area contributed by atoms with Crippen molar-refractivity contribution in [3.8, 4) is 11.5 Å². The summed E-state index contributed by atoms with van der Waals surface area (Å²) in [7, 11) is 1.66. The molecule has 0 radical (unpaired) electrons. The second-order valence-corrected chi connectivity index (χ2v) is 5.62. The lowest BCUT2D eigenvalue weighted by Crippen LogP contribution is -2.37. The molecule has 2 aromatic carbocycles. The van der Waals surface area contributed by atoms with Crippen LogP contribution >= 0.6 is 0 Å². The van der Waals surface area contributed by atoms with Crippen LogP contribution < -0.4 is 15.2 Å². The molecule has 110 valence electrons. The third-order valence-electron chi connectivity index (χ3n) is 4.22. The third kappa shape index (κ3) is 2.74. The van der Waals surface area contributed by atoms with Gasteiger partial charge in [-0.15, -0.1) is 0 Å². The molecule has 1 aliphatic rings. The molecule has 3 rings (SSSR count). The minimum Gasteiger partial charge on any atom is -0.497 e. The van der Waals surface area contributed by atoms with Crippen LogP contribution in [-0.4, -0.2) is 13.2 Å². The Labute approximate surface area is 125 Å². The first-order chi connectivity index (χ1) is 10.2. The lowest BCUT2D eigenvalue weighted by Gasteiger charge is -2.35. The molecule has 0 saturated heterocycles. The summed E-state index contributed by atoms with van der Waals surface area (Å²) in [5.74, 6) is 2.13. The molecule has 0 heterocycles. The molecule has 3 atom stereocenters. The van der Waals surface area contributed by atoms with Crippen molar-refractivity contribution in [2.75, 3.05) is 7.11 Å². The maximum atomic E-state index is 6.41. The zero-order valence-electron chi connectivity index (χ0n) is 12.5. The SMILES string of the molecule is COc1ccc(OC2CC(C)c3ccccc3C2N)cc1. The highest BCUT2D eigenvalue weighted by Gasteiger charge is 2.32. The number of nitrogens with two attached hydrogens (primary N) is 1. The Kier molecular flexibility index (Phi) is 3.84. The Bertz CT molecular complexity index is 609. The van der Waals surface area contributed by atoms with Gasteiger partial charge in [0.1, 0.15) is 17.6 Å². The molecule has 2 N–H and O–H groups in total. The fourth-order valence-electron chi connectivity index (χ4n) is 3.04. The smallest absolute Gasteiger partial charge is 0.120 e. The topological polar surface area (TPSA) is 44.5 Å².